The van der Waals surface area contributed by atoms with Crippen LogP contribution < -0.4 is 5.32 Å². The van der Waals surface area contributed by atoms with Crippen LogP contribution in [0.25, 0.3) is 23.0 Å². The Kier molecular flexibility index (Phi) is 6.44. The van der Waals surface area contributed by atoms with Gasteiger partial charge in [0.05, 0.1) is 12.2 Å². The first-order valence-corrected chi connectivity index (χ1v) is 11.4. The topological polar surface area (TPSA) is 103 Å². The number of pyridine rings is 1. The number of hydrogen-bond acceptors (Lipinski definition) is 6. The third kappa shape index (κ3) is 5.10. The van der Waals surface area contributed by atoms with E-state index in [1.165, 1.54) is 6.08 Å². The number of rotatable bonds is 7. The van der Waals surface area contributed by atoms with Crippen LogP contribution in [0.15, 0.2) is 85.3 Å². The Morgan fingerprint density at radius 2 is 1.92 bits per heavy atom. The highest BCUT2D eigenvalue weighted by atomic mass is 16.1. The lowest BCUT2D eigenvalue weighted by atomic mass is 10.1. The van der Waals surface area contributed by atoms with Crippen molar-refractivity contribution in [3.05, 3.63) is 108 Å². The Labute approximate surface area is 208 Å². The van der Waals surface area contributed by atoms with Crippen LogP contribution in [0, 0.1) is 13.8 Å². The molecule has 0 bridgehead atoms. The van der Waals surface area contributed by atoms with E-state index in [2.05, 4.69) is 38.0 Å². The van der Waals surface area contributed by atoms with Crippen molar-refractivity contribution in [2.24, 2.45) is 0 Å². The Balaban J connectivity index is 1.38. The molecule has 0 aliphatic heterocycles. The second-order valence-electron chi connectivity index (χ2n) is 8.32. The van der Waals surface area contributed by atoms with Gasteiger partial charge in [-0.15, -0.1) is 5.10 Å². The molecule has 0 saturated carbocycles. The zero-order valence-electron chi connectivity index (χ0n) is 19.9. The second-order valence-corrected chi connectivity index (χ2v) is 8.32. The highest BCUT2D eigenvalue weighted by Crippen LogP contribution is 2.23. The number of aromatic nitrogens is 7. The molecular formula is C27H24N8O. The first-order chi connectivity index (χ1) is 17.6. The molecule has 5 rings (SSSR count). The van der Waals surface area contributed by atoms with Crippen LogP contribution in [-0.4, -0.2) is 40.9 Å². The van der Waals surface area contributed by atoms with Crippen molar-refractivity contribution >= 4 is 17.7 Å². The third-order valence-corrected chi connectivity index (χ3v) is 5.66. The fraction of sp³-hybridized carbons (Fsp3) is 0.111. The quantitative estimate of drug-likeness (QED) is 0.353. The van der Waals surface area contributed by atoms with E-state index in [-0.39, 0.29) is 5.91 Å². The summed E-state index contributed by atoms with van der Waals surface area (Å²) >= 11 is 0. The molecule has 5 aromatic rings. The summed E-state index contributed by atoms with van der Waals surface area (Å²) in [5.74, 6) is 0.406. The molecule has 0 unspecified atom stereocenters. The number of amides is 1. The van der Waals surface area contributed by atoms with Crippen LogP contribution in [0.5, 0.6) is 0 Å². The summed E-state index contributed by atoms with van der Waals surface area (Å²) in [7, 11) is 0. The van der Waals surface area contributed by atoms with Gasteiger partial charge in [0.1, 0.15) is 5.69 Å². The van der Waals surface area contributed by atoms with Crippen molar-refractivity contribution in [2.75, 3.05) is 5.32 Å². The van der Waals surface area contributed by atoms with Crippen LogP contribution >= 0.6 is 0 Å². The summed E-state index contributed by atoms with van der Waals surface area (Å²) in [6, 6.07) is 19.5. The number of carbonyl (C=O) groups is 1. The molecule has 178 valence electrons. The van der Waals surface area contributed by atoms with Gasteiger partial charge in [-0.3, -0.25) is 14.5 Å². The van der Waals surface area contributed by atoms with Gasteiger partial charge in [-0.05, 0) is 65.7 Å². The predicted octanol–water partition coefficient (Wildman–Crippen LogP) is 4.24. The van der Waals surface area contributed by atoms with Gasteiger partial charge < -0.3 is 5.32 Å². The Morgan fingerprint density at radius 3 is 2.67 bits per heavy atom. The smallest absolute Gasteiger partial charge is 0.248 e. The van der Waals surface area contributed by atoms with Crippen molar-refractivity contribution < 1.29 is 4.79 Å². The SMILES string of the molecule is Cc1ccc(NC(=O)/C=C/c2cn(Cc3ccccc3)nc2-c2cccnc2)cc1-n1nnnc1C. The molecule has 0 atom stereocenters. The highest BCUT2D eigenvalue weighted by molar-refractivity contribution is 6.02. The molecule has 1 amide bonds. The molecule has 0 spiro atoms. The largest absolute Gasteiger partial charge is 0.322 e. The van der Waals surface area contributed by atoms with Gasteiger partial charge in [-0.2, -0.15) is 9.78 Å². The molecule has 9 heteroatoms. The van der Waals surface area contributed by atoms with E-state index in [4.69, 9.17) is 5.10 Å². The summed E-state index contributed by atoms with van der Waals surface area (Å²) in [6.07, 6.45) is 8.70. The van der Waals surface area contributed by atoms with Crippen LogP contribution in [0.4, 0.5) is 5.69 Å². The van der Waals surface area contributed by atoms with E-state index in [0.29, 0.717) is 18.1 Å². The number of benzene rings is 2. The summed E-state index contributed by atoms with van der Waals surface area (Å²) in [5, 5.41) is 19.4. The minimum atomic E-state index is -0.258. The van der Waals surface area contributed by atoms with E-state index >= 15 is 0 Å². The van der Waals surface area contributed by atoms with E-state index in [0.717, 1.165) is 33.6 Å². The molecule has 2 aromatic carbocycles. The van der Waals surface area contributed by atoms with Crippen LogP contribution in [-0.2, 0) is 11.3 Å². The van der Waals surface area contributed by atoms with Crippen molar-refractivity contribution in [1.82, 2.24) is 35.0 Å². The molecule has 0 fully saturated rings. The fourth-order valence-electron chi connectivity index (χ4n) is 3.86. The number of nitrogens with zero attached hydrogens (tertiary/aromatic N) is 7. The fourth-order valence-corrected chi connectivity index (χ4v) is 3.86. The van der Waals surface area contributed by atoms with E-state index < -0.39 is 0 Å². The number of nitrogens with one attached hydrogen (secondary N) is 1. The van der Waals surface area contributed by atoms with Crippen LogP contribution in [0.2, 0.25) is 0 Å². The standard InChI is InChI=1S/C27H24N8O/c1-19-10-12-24(15-25(19)35-20(2)30-32-33-35)29-26(36)13-11-23-18-34(17-21-7-4-3-5-8-21)31-27(23)22-9-6-14-28-16-22/h3-16,18H,17H2,1-2H3,(H,29,36)/b13-11+. The summed E-state index contributed by atoms with van der Waals surface area (Å²) in [5.41, 5.74) is 6.04. The lowest BCUT2D eigenvalue weighted by molar-refractivity contribution is -0.111. The molecule has 0 aliphatic carbocycles. The van der Waals surface area contributed by atoms with Gasteiger partial charge in [0, 0.05) is 41.5 Å². The zero-order chi connectivity index (χ0) is 24.9. The van der Waals surface area contributed by atoms with Crippen LogP contribution in [0.1, 0.15) is 22.5 Å². The monoisotopic (exact) mass is 476 g/mol. The molecule has 3 aromatic heterocycles. The maximum Gasteiger partial charge on any atom is 0.248 e. The average molecular weight is 477 g/mol. The molecule has 36 heavy (non-hydrogen) atoms. The maximum atomic E-state index is 12.8. The van der Waals surface area contributed by atoms with E-state index in [1.54, 1.807) is 23.2 Å². The van der Waals surface area contributed by atoms with Gasteiger partial charge in [0.25, 0.3) is 0 Å². The lowest BCUT2D eigenvalue weighted by Crippen LogP contribution is -2.09. The van der Waals surface area contributed by atoms with Crippen molar-refractivity contribution in [3.63, 3.8) is 0 Å². The van der Waals surface area contributed by atoms with E-state index in [1.807, 2.05) is 73.3 Å². The summed E-state index contributed by atoms with van der Waals surface area (Å²) in [4.78, 5) is 17.0. The Morgan fingerprint density at radius 1 is 1.06 bits per heavy atom. The first kappa shape index (κ1) is 22.9. The number of anilines is 1. The summed E-state index contributed by atoms with van der Waals surface area (Å²) < 4.78 is 3.51. The van der Waals surface area contributed by atoms with Gasteiger partial charge in [0.15, 0.2) is 5.82 Å². The van der Waals surface area contributed by atoms with Crippen molar-refractivity contribution in [2.45, 2.75) is 20.4 Å². The molecule has 3 heterocycles. The third-order valence-electron chi connectivity index (χ3n) is 5.66. The Hall–Kier alpha value is -4.92. The zero-order valence-corrected chi connectivity index (χ0v) is 19.9. The number of carbonyl (C=O) groups excluding carboxylic acids is 1. The average Bonchev–Trinajstić information content (AvgIpc) is 3.51. The highest BCUT2D eigenvalue weighted by Gasteiger charge is 2.12. The number of tetrazole rings is 1. The van der Waals surface area contributed by atoms with Gasteiger partial charge in [-0.1, -0.05) is 36.4 Å². The minimum absolute atomic E-state index is 0.258. The van der Waals surface area contributed by atoms with Gasteiger partial charge in [-0.25, -0.2) is 0 Å². The second kappa shape index (κ2) is 10.1. The van der Waals surface area contributed by atoms with Crippen molar-refractivity contribution in [3.8, 4) is 16.9 Å². The van der Waals surface area contributed by atoms with E-state index in [9.17, 15) is 4.79 Å². The molecule has 0 saturated heterocycles. The number of aryl methyl sites for hydroxylation is 2. The predicted molar refractivity (Wildman–Crippen MR) is 137 cm³/mol. The molecule has 0 radical (unpaired) electrons. The summed E-state index contributed by atoms with van der Waals surface area (Å²) in [6.45, 7) is 4.41. The molecule has 1 N–H and O–H groups in total. The Bertz CT molecular complexity index is 1520. The van der Waals surface area contributed by atoms with Crippen molar-refractivity contribution in [1.29, 1.82) is 0 Å². The molecular weight excluding hydrogens is 452 g/mol. The first-order valence-electron chi connectivity index (χ1n) is 11.4. The van der Waals surface area contributed by atoms with Gasteiger partial charge >= 0.3 is 0 Å². The van der Waals surface area contributed by atoms with Gasteiger partial charge in [0.2, 0.25) is 5.91 Å². The number of hydrogen-bond donors (Lipinski definition) is 1. The normalized spacial score (nSPS) is 11.2. The lowest BCUT2D eigenvalue weighted by Gasteiger charge is -2.09. The molecule has 0 aliphatic rings. The maximum absolute atomic E-state index is 12.8. The van der Waals surface area contributed by atoms with Crippen LogP contribution in [0.3, 0.4) is 0 Å². The minimum Gasteiger partial charge on any atom is -0.322 e. The molecule has 9 nitrogen and oxygen atoms in total.